The maximum Gasteiger partial charge on any atom is 0.288 e. The van der Waals surface area contributed by atoms with E-state index in [1.54, 1.807) is 24.1 Å². The number of anilines is 1. The van der Waals surface area contributed by atoms with Crippen molar-refractivity contribution in [3.8, 4) is 0 Å². The van der Waals surface area contributed by atoms with Crippen molar-refractivity contribution in [2.24, 2.45) is 0 Å². The van der Waals surface area contributed by atoms with E-state index in [2.05, 4.69) is 0 Å². The van der Waals surface area contributed by atoms with Gasteiger partial charge in [-0.2, -0.15) is 8.78 Å². The lowest BCUT2D eigenvalue weighted by molar-refractivity contribution is -0.0695. The molecule has 1 fully saturated rings. The Bertz CT molecular complexity index is 379. The predicted octanol–water partition coefficient (Wildman–Crippen LogP) is 2.45. The van der Waals surface area contributed by atoms with Gasteiger partial charge in [0.25, 0.3) is 5.92 Å². The number of hydrogen-bond acceptors (Lipinski definition) is 2. The molecule has 0 saturated carbocycles. The van der Waals surface area contributed by atoms with Gasteiger partial charge in [-0.05, 0) is 38.6 Å². The van der Waals surface area contributed by atoms with Crippen LogP contribution in [0.2, 0.25) is 0 Å². The molecule has 0 bridgehead atoms. The average Bonchev–Trinajstić information content (AvgIpc) is 2.65. The number of likely N-dealkylation sites (tertiary alicyclic amines) is 1. The van der Waals surface area contributed by atoms with Crippen LogP contribution in [0.15, 0.2) is 24.3 Å². The maximum atomic E-state index is 14.2. The van der Waals surface area contributed by atoms with Crippen molar-refractivity contribution in [1.82, 2.24) is 4.90 Å². The molecule has 1 aliphatic heterocycles. The summed E-state index contributed by atoms with van der Waals surface area (Å²) in [7, 11) is 1.75. The van der Waals surface area contributed by atoms with Gasteiger partial charge in [-0.15, -0.1) is 0 Å². The fourth-order valence-electron chi connectivity index (χ4n) is 2.31. The van der Waals surface area contributed by atoms with Crippen LogP contribution in [0.25, 0.3) is 0 Å². The number of alkyl halides is 2. The van der Waals surface area contributed by atoms with E-state index in [1.807, 2.05) is 0 Å². The van der Waals surface area contributed by atoms with Crippen LogP contribution in [0.5, 0.6) is 0 Å². The molecule has 2 nitrogen and oxygen atoms in total. The van der Waals surface area contributed by atoms with E-state index in [1.165, 1.54) is 12.1 Å². The predicted molar refractivity (Wildman–Crippen MR) is 60.4 cm³/mol. The SMILES string of the molecule is CN1CCCC1C(F)(F)c1cccc(N)c1. The van der Waals surface area contributed by atoms with Crippen molar-refractivity contribution in [2.75, 3.05) is 19.3 Å². The van der Waals surface area contributed by atoms with E-state index in [0.717, 1.165) is 13.0 Å². The fraction of sp³-hybridized carbons (Fsp3) is 0.500. The molecular weight excluding hydrogens is 210 g/mol. The summed E-state index contributed by atoms with van der Waals surface area (Å²) in [6.07, 6.45) is 1.37. The van der Waals surface area contributed by atoms with Crippen molar-refractivity contribution in [3.63, 3.8) is 0 Å². The third-order valence-electron chi connectivity index (χ3n) is 3.21. The van der Waals surface area contributed by atoms with Crippen LogP contribution in [0, 0.1) is 0 Å². The zero-order valence-corrected chi connectivity index (χ0v) is 9.29. The first-order valence-electron chi connectivity index (χ1n) is 5.46. The number of nitrogen functional groups attached to an aromatic ring is 1. The molecular formula is C12H16F2N2. The van der Waals surface area contributed by atoms with Crippen LogP contribution in [-0.2, 0) is 5.92 Å². The third-order valence-corrected chi connectivity index (χ3v) is 3.21. The number of halogens is 2. The van der Waals surface area contributed by atoms with Gasteiger partial charge in [0.15, 0.2) is 0 Å². The summed E-state index contributed by atoms with van der Waals surface area (Å²) in [6.45, 7) is 0.739. The van der Waals surface area contributed by atoms with E-state index >= 15 is 0 Å². The number of nitrogens with zero attached hydrogens (tertiary/aromatic N) is 1. The molecule has 1 atom stereocenters. The first-order valence-corrected chi connectivity index (χ1v) is 5.46. The number of nitrogens with two attached hydrogens (primary N) is 1. The summed E-state index contributed by atoms with van der Waals surface area (Å²) < 4.78 is 28.4. The Kier molecular flexibility index (Phi) is 2.84. The molecule has 1 aromatic carbocycles. The molecule has 1 unspecified atom stereocenters. The Morgan fingerprint density at radius 1 is 1.44 bits per heavy atom. The van der Waals surface area contributed by atoms with Crippen molar-refractivity contribution < 1.29 is 8.78 Å². The summed E-state index contributed by atoms with van der Waals surface area (Å²) in [6, 6.07) is 5.31. The first kappa shape index (κ1) is 11.3. The molecule has 0 amide bonds. The van der Waals surface area contributed by atoms with E-state index in [0.29, 0.717) is 12.1 Å². The third kappa shape index (κ3) is 1.89. The summed E-state index contributed by atoms with van der Waals surface area (Å²) in [4.78, 5) is 1.73. The molecule has 1 aliphatic rings. The second-order valence-electron chi connectivity index (χ2n) is 4.39. The smallest absolute Gasteiger partial charge is 0.288 e. The maximum absolute atomic E-state index is 14.2. The Morgan fingerprint density at radius 2 is 2.19 bits per heavy atom. The molecule has 4 heteroatoms. The minimum Gasteiger partial charge on any atom is -0.399 e. The average molecular weight is 226 g/mol. The minimum atomic E-state index is -2.82. The normalized spacial score (nSPS) is 22.6. The van der Waals surface area contributed by atoms with E-state index < -0.39 is 12.0 Å². The number of likely N-dealkylation sites (N-methyl/N-ethyl adjacent to an activating group) is 1. The lowest BCUT2D eigenvalue weighted by Crippen LogP contribution is -2.39. The molecule has 1 aromatic rings. The molecule has 1 heterocycles. The fourth-order valence-corrected chi connectivity index (χ4v) is 2.31. The number of rotatable bonds is 2. The molecule has 0 aliphatic carbocycles. The molecule has 16 heavy (non-hydrogen) atoms. The van der Waals surface area contributed by atoms with Gasteiger partial charge < -0.3 is 5.73 Å². The van der Waals surface area contributed by atoms with Crippen molar-refractivity contribution in [1.29, 1.82) is 0 Å². The molecule has 88 valence electrons. The summed E-state index contributed by atoms with van der Waals surface area (Å²) >= 11 is 0. The lowest BCUT2D eigenvalue weighted by Gasteiger charge is -2.29. The molecule has 0 spiro atoms. The zero-order valence-electron chi connectivity index (χ0n) is 9.29. The molecule has 0 radical (unpaired) electrons. The molecule has 0 aromatic heterocycles. The van der Waals surface area contributed by atoms with Crippen LogP contribution < -0.4 is 5.73 Å². The molecule has 2 N–H and O–H groups in total. The van der Waals surface area contributed by atoms with Crippen molar-refractivity contribution >= 4 is 5.69 Å². The second-order valence-corrected chi connectivity index (χ2v) is 4.39. The molecule has 2 rings (SSSR count). The number of benzene rings is 1. The Balaban J connectivity index is 2.30. The van der Waals surface area contributed by atoms with Gasteiger partial charge in [-0.3, -0.25) is 4.90 Å². The van der Waals surface area contributed by atoms with Crippen LogP contribution in [0.4, 0.5) is 14.5 Å². The lowest BCUT2D eigenvalue weighted by atomic mass is 9.99. The zero-order chi connectivity index (χ0) is 11.8. The number of hydrogen-bond donors (Lipinski definition) is 1. The minimum absolute atomic E-state index is 0.0197. The topological polar surface area (TPSA) is 29.3 Å². The van der Waals surface area contributed by atoms with Gasteiger partial charge >= 0.3 is 0 Å². The monoisotopic (exact) mass is 226 g/mol. The standard InChI is InChI=1S/C12H16F2N2/c1-16-7-3-6-11(16)12(13,14)9-4-2-5-10(15)8-9/h2,4-5,8,11H,3,6-7,15H2,1H3. The van der Waals surface area contributed by atoms with Gasteiger partial charge in [0.05, 0.1) is 6.04 Å². The summed E-state index contributed by atoms with van der Waals surface area (Å²) in [5, 5.41) is 0. The Morgan fingerprint density at radius 3 is 2.75 bits per heavy atom. The highest BCUT2D eigenvalue weighted by Gasteiger charge is 2.45. The first-order chi connectivity index (χ1) is 7.51. The van der Waals surface area contributed by atoms with Crippen molar-refractivity contribution in [2.45, 2.75) is 24.8 Å². The van der Waals surface area contributed by atoms with E-state index in [-0.39, 0.29) is 5.56 Å². The Hall–Kier alpha value is -1.16. The van der Waals surface area contributed by atoms with E-state index in [4.69, 9.17) is 5.73 Å². The highest BCUT2D eigenvalue weighted by Crippen LogP contribution is 2.39. The second kappa shape index (κ2) is 4.01. The quantitative estimate of drug-likeness (QED) is 0.785. The van der Waals surface area contributed by atoms with Crippen LogP contribution in [-0.4, -0.2) is 24.5 Å². The van der Waals surface area contributed by atoms with Crippen LogP contribution in [0.3, 0.4) is 0 Å². The molecule has 1 saturated heterocycles. The van der Waals surface area contributed by atoms with Gasteiger partial charge in [0.1, 0.15) is 0 Å². The van der Waals surface area contributed by atoms with Gasteiger partial charge in [0.2, 0.25) is 0 Å². The van der Waals surface area contributed by atoms with Crippen molar-refractivity contribution in [3.05, 3.63) is 29.8 Å². The summed E-state index contributed by atoms with van der Waals surface area (Å²) in [5.74, 6) is -2.82. The Labute approximate surface area is 94.0 Å². The van der Waals surface area contributed by atoms with Gasteiger partial charge in [-0.25, -0.2) is 0 Å². The summed E-state index contributed by atoms with van der Waals surface area (Å²) in [5.41, 5.74) is 5.95. The highest BCUT2D eigenvalue weighted by molar-refractivity contribution is 5.42. The van der Waals surface area contributed by atoms with Crippen LogP contribution >= 0.6 is 0 Å². The highest BCUT2D eigenvalue weighted by atomic mass is 19.3. The van der Waals surface area contributed by atoms with E-state index in [9.17, 15) is 8.78 Å². The van der Waals surface area contributed by atoms with Gasteiger partial charge in [-0.1, -0.05) is 12.1 Å². The largest absolute Gasteiger partial charge is 0.399 e. The van der Waals surface area contributed by atoms with Gasteiger partial charge in [0, 0.05) is 11.3 Å². The van der Waals surface area contributed by atoms with Crippen LogP contribution in [0.1, 0.15) is 18.4 Å².